The Hall–Kier alpha value is 0.480. The summed E-state index contributed by atoms with van der Waals surface area (Å²) in [7, 11) is 0. The molecule has 3 unspecified atom stereocenters. The second-order valence-electron chi connectivity index (χ2n) is 7.98. The van der Waals surface area contributed by atoms with Crippen LogP contribution in [0.1, 0.15) is 98.8 Å². The number of rotatable bonds is 14. The lowest BCUT2D eigenvalue weighted by atomic mass is 9.91. The van der Waals surface area contributed by atoms with E-state index < -0.39 is 0 Å². The minimum absolute atomic E-state index is 0.879. The first kappa shape index (κ1) is 21.5. The first-order valence-electron chi connectivity index (χ1n) is 9.51. The molecule has 0 amide bonds. The maximum Gasteiger partial charge on any atom is 0.00338 e. The largest absolute Gasteiger partial charge is 0.0928 e. The molecule has 0 aliphatic heterocycles. The van der Waals surface area contributed by atoms with Crippen molar-refractivity contribution in [3.05, 3.63) is 0 Å². The molecule has 0 nitrogen and oxygen atoms in total. The topological polar surface area (TPSA) is 0 Å². The van der Waals surface area contributed by atoms with Crippen molar-refractivity contribution < 1.29 is 0 Å². The van der Waals surface area contributed by atoms with E-state index in [0.29, 0.717) is 0 Å². The zero-order chi connectivity index (χ0) is 16.1. The van der Waals surface area contributed by atoms with E-state index in [2.05, 4.69) is 50.5 Å². The third-order valence-electron chi connectivity index (χ3n) is 4.87. The van der Waals surface area contributed by atoms with Crippen LogP contribution in [-0.4, -0.2) is 5.33 Å². The van der Waals surface area contributed by atoms with Crippen LogP contribution in [0.2, 0.25) is 0 Å². The summed E-state index contributed by atoms with van der Waals surface area (Å²) >= 11 is 3.54. The molecule has 0 spiro atoms. The summed E-state index contributed by atoms with van der Waals surface area (Å²) in [5.41, 5.74) is 0. The van der Waals surface area contributed by atoms with Crippen LogP contribution in [0.15, 0.2) is 0 Å². The Morgan fingerprint density at radius 1 is 0.524 bits per heavy atom. The van der Waals surface area contributed by atoms with Gasteiger partial charge in [0.1, 0.15) is 0 Å². The molecule has 0 aliphatic rings. The van der Waals surface area contributed by atoms with Gasteiger partial charge in [-0.15, -0.1) is 0 Å². The number of hydrogen-bond donors (Lipinski definition) is 0. The van der Waals surface area contributed by atoms with E-state index in [1.807, 2.05) is 0 Å². The summed E-state index contributed by atoms with van der Waals surface area (Å²) in [6, 6.07) is 0. The Balaban J connectivity index is 3.45. The third-order valence-corrected chi connectivity index (χ3v) is 5.33. The van der Waals surface area contributed by atoms with Crippen LogP contribution in [0.4, 0.5) is 0 Å². The van der Waals surface area contributed by atoms with Gasteiger partial charge in [-0.2, -0.15) is 0 Å². The lowest BCUT2D eigenvalue weighted by Crippen LogP contribution is -2.01. The van der Waals surface area contributed by atoms with Crippen LogP contribution >= 0.6 is 15.9 Å². The van der Waals surface area contributed by atoms with Gasteiger partial charge in [-0.05, 0) is 30.1 Å². The quantitative estimate of drug-likeness (QED) is 0.276. The average Bonchev–Trinajstić information content (AvgIpc) is 2.38. The maximum atomic E-state index is 3.54. The molecule has 0 aromatic heterocycles. The van der Waals surface area contributed by atoms with E-state index in [0.717, 1.165) is 23.7 Å². The first-order chi connectivity index (χ1) is 9.95. The Kier molecular flexibility index (Phi) is 14.4. The van der Waals surface area contributed by atoms with Gasteiger partial charge in [0.05, 0.1) is 0 Å². The fourth-order valence-corrected chi connectivity index (χ4v) is 3.90. The number of alkyl halides is 1. The monoisotopic (exact) mass is 360 g/mol. The number of halogens is 1. The molecular weight excluding hydrogens is 320 g/mol. The van der Waals surface area contributed by atoms with Crippen molar-refractivity contribution in [1.82, 2.24) is 0 Å². The van der Waals surface area contributed by atoms with Crippen molar-refractivity contribution in [2.75, 3.05) is 5.33 Å². The van der Waals surface area contributed by atoms with E-state index in [1.54, 1.807) is 0 Å². The molecule has 3 atom stereocenters. The molecule has 0 aliphatic carbocycles. The molecular formula is C20H41Br. The van der Waals surface area contributed by atoms with E-state index in [1.165, 1.54) is 69.5 Å². The molecule has 0 saturated heterocycles. The molecule has 128 valence electrons. The molecule has 0 radical (unpaired) electrons. The molecule has 0 aromatic carbocycles. The summed E-state index contributed by atoms with van der Waals surface area (Å²) < 4.78 is 0. The van der Waals surface area contributed by atoms with Crippen LogP contribution in [0, 0.1) is 23.7 Å². The minimum Gasteiger partial charge on any atom is -0.0928 e. The van der Waals surface area contributed by atoms with Gasteiger partial charge < -0.3 is 0 Å². The van der Waals surface area contributed by atoms with E-state index >= 15 is 0 Å². The van der Waals surface area contributed by atoms with Crippen molar-refractivity contribution in [2.24, 2.45) is 23.7 Å². The van der Waals surface area contributed by atoms with Crippen LogP contribution in [0.25, 0.3) is 0 Å². The Morgan fingerprint density at radius 3 is 1.19 bits per heavy atom. The highest BCUT2D eigenvalue weighted by Crippen LogP contribution is 2.22. The van der Waals surface area contributed by atoms with E-state index in [9.17, 15) is 0 Å². The van der Waals surface area contributed by atoms with Gasteiger partial charge in [0.25, 0.3) is 0 Å². The Morgan fingerprint density at radius 2 is 0.857 bits per heavy atom. The summed E-state index contributed by atoms with van der Waals surface area (Å²) in [6.45, 7) is 12.0. The smallest absolute Gasteiger partial charge is 0.00338 e. The molecule has 21 heavy (non-hydrogen) atoms. The molecule has 0 aromatic rings. The molecule has 0 bridgehead atoms. The second kappa shape index (κ2) is 14.1. The van der Waals surface area contributed by atoms with Gasteiger partial charge in [-0.3, -0.25) is 0 Å². The van der Waals surface area contributed by atoms with E-state index in [4.69, 9.17) is 0 Å². The predicted octanol–water partition coefficient (Wildman–Crippen LogP) is 7.85. The van der Waals surface area contributed by atoms with Crippen molar-refractivity contribution in [3.63, 3.8) is 0 Å². The van der Waals surface area contributed by atoms with Crippen LogP contribution < -0.4 is 0 Å². The van der Waals surface area contributed by atoms with Crippen molar-refractivity contribution in [3.8, 4) is 0 Å². The summed E-state index contributed by atoms with van der Waals surface area (Å²) in [5, 5.41) is 1.17. The Labute approximate surface area is 144 Å². The first-order valence-corrected chi connectivity index (χ1v) is 10.6. The van der Waals surface area contributed by atoms with Gasteiger partial charge in [-0.1, -0.05) is 108 Å². The summed E-state index contributed by atoms with van der Waals surface area (Å²) in [5.74, 6) is 3.65. The van der Waals surface area contributed by atoms with Gasteiger partial charge in [-0.25, -0.2) is 0 Å². The average molecular weight is 361 g/mol. The second-order valence-corrected chi connectivity index (χ2v) is 8.77. The lowest BCUT2D eigenvalue weighted by molar-refractivity contribution is 0.377. The standard InChI is InChI=1S/C20H41Br/c1-17(2)9-6-10-18(3)11-7-12-19(4)13-8-14-20(5)15-16-21/h17-20H,6-16H2,1-5H3. The van der Waals surface area contributed by atoms with Crippen LogP contribution in [0.3, 0.4) is 0 Å². The van der Waals surface area contributed by atoms with Crippen molar-refractivity contribution >= 4 is 15.9 Å². The molecule has 0 saturated carbocycles. The lowest BCUT2D eigenvalue weighted by Gasteiger charge is -2.16. The van der Waals surface area contributed by atoms with Gasteiger partial charge in [0, 0.05) is 5.33 Å². The normalized spacial score (nSPS) is 16.1. The maximum absolute atomic E-state index is 3.54. The fourth-order valence-electron chi connectivity index (χ4n) is 3.12. The van der Waals surface area contributed by atoms with Crippen LogP contribution in [0.5, 0.6) is 0 Å². The van der Waals surface area contributed by atoms with Gasteiger partial charge >= 0.3 is 0 Å². The SMILES string of the molecule is CC(C)CCCC(C)CCCC(C)CCCC(C)CCBr. The third kappa shape index (κ3) is 15.2. The predicted molar refractivity (Wildman–Crippen MR) is 102 cm³/mol. The summed E-state index contributed by atoms with van der Waals surface area (Å²) in [6.07, 6.45) is 14.2. The number of hydrogen-bond acceptors (Lipinski definition) is 0. The molecule has 0 fully saturated rings. The summed E-state index contributed by atoms with van der Waals surface area (Å²) in [4.78, 5) is 0. The van der Waals surface area contributed by atoms with Gasteiger partial charge in [0.2, 0.25) is 0 Å². The molecule has 0 N–H and O–H groups in total. The van der Waals surface area contributed by atoms with Crippen LogP contribution in [-0.2, 0) is 0 Å². The molecule has 0 rings (SSSR count). The molecule has 1 heteroatoms. The Bertz CT molecular complexity index is 212. The minimum atomic E-state index is 0.879. The fraction of sp³-hybridized carbons (Fsp3) is 1.00. The van der Waals surface area contributed by atoms with E-state index in [-0.39, 0.29) is 0 Å². The van der Waals surface area contributed by atoms with Gasteiger partial charge in [0.15, 0.2) is 0 Å². The molecule has 0 heterocycles. The highest BCUT2D eigenvalue weighted by atomic mass is 79.9. The highest BCUT2D eigenvalue weighted by Gasteiger charge is 2.07. The highest BCUT2D eigenvalue weighted by molar-refractivity contribution is 9.09. The zero-order valence-electron chi connectivity index (χ0n) is 15.5. The van der Waals surface area contributed by atoms with Crippen molar-refractivity contribution in [1.29, 1.82) is 0 Å². The zero-order valence-corrected chi connectivity index (χ0v) is 17.1. The van der Waals surface area contributed by atoms with Crippen molar-refractivity contribution in [2.45, 2.75) is 98.8 Å².